The first kappa shape index (κ1) is 21.7. The average Bonchev–Trinajstić information content (AvgIpc) is 3.29. The van der Waals surface area contributed by atoms with Gasteiger partial charge in [0, 0.05) is 42.3 Å². The number of aryl methyl sites for hydroxylation is 1. The lowest BCUT2D eigenvalue weighted by atomic mass is 9.89. The normalized spacial score (nSPS) is 20.1. The van der Waals surface area contributed by atoms with Gasteiger partial charge >= 0.3 is 0 Å². The summed E-state index contributed by atoms with van der Waals surface area (Å²) in [6.07, 6.45) is 3.23. The van der Waals surface area contributed by atoms with E-state index < -0.39 is 0 Å². The molecule has 172 valence electrons. The SMILES string of the molecule is CNCCCc1ccc(-c2cc(N3C[C@H]4CCNC(=O)[C@H]4C3)c3ccc(OC)cc3n2)cc1. The highest BCUT2D eigenvalue weighted by atomic mass is 16.5. The van der Waals surface area contributed by atoms with Crippen molar-refractivity contribution < 1.29 is 9.53 Å². The van der Waals surface area contributed by atoms with Crippen molar-refractivity contribution in [3.05, 3.63) is 54.1 Å². The third-order valence-corrected chi connectivity index (χ3v) is 7.07. The van der Waals surface area contributed by atoms with Crippen LogP contribution in [0.3, 0.4) is 0 Å². The Balaban J connectivity index is 1.51. The van der Waals surface area contributed by atoms with Gasteiger partial charge in [0.05, 0.1) is 24.2 Å². The first-order chi connectivity index (χ1) is 16.2. The van der Waals surface area contributed by atoms with Crippen LogP contribution in [-0.4, -0.2) is 51.2 Å². The van der Waals surface area contributed by atoms with E-state index in [1.165, 1.54) is 5.56 Å². The Labute approximate surface area is 195 Å². The number of fused-ring (bicyclic) bond motifs is 2. The quantitative estimate of drug-likeness (QED) is 0.545. The van der Waals surface area contributed by atoms with Gasteiger partial charge in [-0.15, -0.1) is 0 Å². The largest absolute Gasteiger partial charge is 0.497 e. The number of anilines is 1. The number of carbonyl (C=O) groups excluding carboxylic acids is 1. The van der Waals surface area contributed by atoms with Crippen molar-refractivity contribution in [1.29, 1.82) is 0 Å². The van der Waals surface area contributed by atoms with E-state index in [-0.39, 0.29) is 11.8 Å². The number of methoxy groups -OCH3 is 1. The number of hydrogen-bond acceptors (Lipinski definition) is 5. The van der Waals surface area contributed by atoms with Gasteiger partial charge in [-0.1, -0.05) is 24.3 Å². The van der Waals surface area contributed by atoms with Gasteiger partial charge in [0.25, 0.3) is 0 Å². The molecule has 3 aromatic rings. The van der Waals surface area contributed by atoms with Crippen molar-refractivity contribution in [3.63, 3.8) is 0 Å². The Morgan fingerprint density at radius 3 is 2.76 bits per heavy atom. The molecule has 6 nitrogen and oxygen atoms in total. The zero-order valence-corrected chi connectivity index (χ0v) is 19.4. The van der Waals surface area contributed by atoms with E-state index >= 15 is 0 Å². The van der Waals surface area contributed by atoms with Crippen molar-refractivity contribution in [1.82, 2.24) is 15.6 Å². The Hall–Kier alpha value is -3.12. The average molecular weight is 445 g/mol. The van der Waals surface area contributed by atoms with E-state index in [1.54, 1.807) is 7.11 Å². The fourth-order valence-corrected chi connectivity index (χ4v) is 5.21. The smallest absolute Gasteiger partial charge is 0.225 e. The monoisotopic (exact) mass is 444 g/mol. The van der Waals surface area contributed by atoms with Crippen LogP contribution in [0.4, 0.5) is 5.69 Å². The molecule has 2 fully saturated rings. The topological polar surface area (TPSA) is 66.5 Å². The van der Waals surface area contributed by atoms with Gasteiger partial charge in [-0.25, -0.2) is 4.98 Å². The molecule has 33 heavy (non-hydrogen) atoms. The number of pyridine rings is 1. The van der Waals surface area contributed by atoms with Crippen molar-refractivity contribution in [2.45, 2.75) is 19.3 Å². The van der Waals surface area contributed by atoms with Crippen LogP contribution in [0.2, 0.25) is 0 Å². The predicted molar refractivity (Wildman–Crippen MR) is 133 cm³/mol. The zero-order valence-electron chi connectivity index (χ0n) is 19.4. The lowest BCUT2D eigenvalue weighted by molar-refractivity contribution is -0.127. The number of aromatic nitrogens is 1. The molecule has 2 saturated heterocycles. The molecule has 2 aliphatic heterocycles. The van der Waals surface area contributed by atoms with Gasteiger partial charge in [0.1, 0.15) is 5.75 Å². The molecule has 2 aliphatic rings. The first-order valence-corrected chi connectivity index (χ1v) is 11.9. The van der Waals surface area contributed by atoms with Crippen LogP contribution < -0.4 is 20.3 Å². The molecule has 0 spiro atoms. The fraction of sp³-hybridized carbons (Fsp3) is 0.407. The molecule has 0 bridgehead atoms. The molecule has 0 aliphatic carbocycles. The maximum absolute atomic E-state index is 12.4. The summed E-state index contributed by atoms with van der Waals surface area (Å²) in [5.74, 6) is 1.48. The molecule has 1 aromatic heterocycles. The zero-order chi connectivity index (χ0) is 22.8. The van der Waals surface area contributed by atoms with Crippen LogP contribution in [0.15, 0.2) is 48.5 Å². The third kappa shape index (κ3) is 4.40. The minimum absolute atomic E-state index is 0.0700. The van der Waals surface area contributed by atoms with E-state index in [2.05, 4.69) is 51.9 Å². The molecule has 2 aromatic carbocycles. The van der Waals surface area contributed by atoms with Crippen LogP contribution >= 0.6 is 0 Å². The minimum atomic E-state index is 0.0700. The molecule has 5 rings (SSSR count). The van der Waals surface area contributed by atoms with E-state index in [0.717, 1.165) is 79.0 Å². The van der Waals surface area contributed by atoms with Gasteiger partial charge in [-0.2, -0.15) is 0 Å². The van der Waals surface area contributed by atoms with Crippen molar-refractivity contribution in [2.75, 3.05) is 45.2 Å². The fourth-order valence-electron chi connectivity index (χ4n) is 5.21. The number of benzene rings is 2. The van der Waals surface area contributed by atoms with E-state index in [9.17, 15) is 4.79 Å². The van der Waals surface area contributed by atoms with Crippen LogP contribution in [0.25, 0.3) is 22.2 Å². The summed E-state index contributed by atoms with van der Waals surface area (Å²) in [4.78, 5) is 19.8. The number of ether oxygens (including phenoxy) is 1. The van der Waals surface area contributed by atoms with Crippen LogP contribution in [0.1, 0.15) is 18.4 Å². The van der Waals surface area contributed by atoms with E-state index in [0.29, 0.717) is 5.92 Å². The first-order valence-electron chi connectivity index (χ1n) is 11.9. The highest BCUT2D eigenvalue weighted by molar-refractivity contribution is 5.95. The van der Waals surface area contributed by atoms with Gasteiger partial charge in [-0.05, 0) is 62.5 Å². The lowest BCUT2D eigenvalue weighted by Gasteiger charge is -2.23. The number of carbonyl (C=O) groups is 1. The number of piperidine rings is 1. The summed E-state index contributed by atoms with van der Waals surface area (Å²) >= 11 is 0. The molecule has 0 radical (unpaired) electrons. The highest BCUT2D eigenvalue weighted by Crippen LogP contribution is 2.38. The maximum Gasteiger partial charge on any atom is 0.225 e. The molecular weight excluding hydrogens is 412 g/mol. The number of nitrogens with zero attached hydrogens (tertiary/aromatic N) is 2. The minimum Gasteiger partial charge on any atom is -0.497 e. The second kappa shape index (κ2) is 9.40. The maximum atomic E-state index is 12.4. The van der Waals surface area contributed by atoms with Crippen molar-refractivity contribution in [3.8, 4) is 17.0 Å². The number of nitrogens with one attached hydrogen (secondary N) is 2. The van der Waals surface area contributed by atoms with Crippen LogP contribution in [0.5, 0.6) is 5.75 Å². The summed E-state index contributed by atoms with van der Waals surface area (Å²) in [7, 11) is 3.67. The molecule has 6 heteroatoms. The Morgan fingerprint density at radius 1 is 1.15 bits per heavy atom. The van der Waals surface area contributed by atoms with Crippen molar-refractivity contribution >= 4 is 22.5 Å². The number of hydrogen-bond donors (Lipinski definition) is 2. The number of amides is 1. The second-order valence-corrected chi connectivity index (χ2v) is 9.16. The second-order valence-electron chi connectivity index (χ2n) is 9.16. The third-order valence-electron chi connectivity index (χ3n) is 7.07. The standard InChI is InChI=1S/C27H32N4O2/c1-28-12-3-4-18-5-7-19(8-6-18)24-15-26(22-10-9-21(33-2)14-25(22)30-24)31-16-20-11-13-29-27(32)23(20)17-31/h5-10,14-15,20,23,28H,3-4,11-13,16-17H2,1-2H3,(H,29,32)/t20-,23+/m1/s1. The molecule has 2 N–H and O–H groups in total. The summed E-state index contributed by atoms with van der Waals surface area (Å²) in [6.45, 7) is 3.47. The molecule has 3 heterocycles. The van der Waals surface area contributed by atoms with Gasteiger partial charge in [0.15, 0.2) is 0 Å². The summed E-state index contributed by atoms with van der Waals surface area (Å²) in [5, 5.41) is 7.35. The molecule has 0 unspecified atom stereocenters. The summed E-state index contributed by atoms with van der Waals surface area (Å²) in [5.41, 5.74) is 5.46. The molecule has 1 amide bonds. The lowest BCUT2D eigenvalue weighted by Crippen LogP contribution is -2.41. The Morgan fingerprint density at radius 2 is 2.00 bits per heavy atom. The number of rotatable bonds is 7. The highest BCUT2D eigenvalue weighted by Gasteiger charge is 2.40. The predicted octanol–water partition coefficient (Wildman–Crippen LogP) is 3.63. The van der Waals surface area contributed by atoms with Gasteiger partial charge in [-0.3, -0.25) is 4.79 Å². The van der Waals surface area contributed by atoms with Gasteiger partial charge in [0.2, 0.25) is 5.91 Å². The molecular formula is C27H32N4O2. The van der Waals surface area contributed by atoms with E-state index in [1.807, 2.05) is 19.2 Å². The van der Waals surface area contributed by atoms with E-state index in [4.69, 9.17) is 9.72 Å². The summed E-state index contributed by atoms with van der Waals surface area (Å²) in [6, 6.07) is 17.0. The Kier molecular flexibility index (Phi) is 6.18. The van der Waals surface area contributed by atoms with Crippen LogP contribution in [-0.2, 0) is 11.2 Å². The summed E-state index contributed by atoms with van der Waals surface area (Å²) < 4.78 is 5.48. The Bertz CT molecular complexity index is 1140. The molecule has 2 atom stereocenters. The molecule has 0 saturated carbocycles. The van der Waals surface area contributed by atoms with Crippen LogP contribution in [0, 0.1) is 11.8 Å². The van der Waals surface area contributed by atoms with Gasteiger partial charge < -0.3 is 20.3 Å². The van der Waals surface area contributed by atoms with Crippen molar-refractivity contribution in [2.24, 2.45) is 11.8 Å².